The smallest absolute Gasteiger partial charge is 0.337 e. The third-order valence-corrected chi connectivity index (χ3v) is 3.28. The highest BCUT2D eigenvalue weighted by Crippen LogP contribution is 2.12. The van der Waals surface area contributed by atoms with Crippen molar-refractivity contribution in [2.24, 2.45) is 0 Å². The molecule has 0 spiro atoms. The number of ether oxygens (including phenoxy) is 2. The Hall–Kier alpha value is -1.60. The highest BCUT2D eigenvalue weighted by Gasteiger charge is 2.26. The van der Waals surface area contributed by atoms with E-state index in [4.69, 9.17) is 9.47 Å². The summed E-state index contributed by atoms with van der Waals surface area (Å²) in [5.74, 6) is -0.378. The lowest BCUT2D eigenvalue weighted by molar-refractivity contribution is -0.138. The molecule has 112 valence electrons. The quantitative estimate of drug-likeness (QED) is 0.701. The number of hydrogen-bond donors (Lipinski definition) is 2. The van der Waals surface area contributed by atoms with Crippen molar-refractivity contribution >= 4 is 12.0 Å². The predicted octanol–water partition coefficient (Wildman–Crippen LogP) is -0.163. The zero-order valence-electron chi connectivity index (χ0n) is 11.9. The van der Waals surface area contributed by atoms with Crippen molar-refractivity contribution in [1.82, 2.24) is 15.5 Å². The van der Waals surface area contributed by atoms with Gasteiger partial charge < -0.3 is 20.1 Å². The van der Waals surface area contributed by atoms with Gasteiger partial charge in [0.15, 0.2) is 0 Å². The molecule has 2 aliphatic rings. The molecule has 0 aromatic heterocycles. The molecule has 2 amide bonds. The van der Waals surface area contributed by atoms with Crippen LogP contribution in [0.4, 0.5) is 4.79 Å². The maximum absolute atomic E-state index is 11.9. The molecule has 7 nitrogen and oxygen atoms in total. The summed E-state index contributed by atoms with van der Waals surface area (Å²) in [6, 6.07) is -0.283. The normalized spacial score (nSPS) is 24.1. The first-order valence-corrected chi connectivity index (χ1v) is 6.88. The standard InChI is InChI=1S/C13H21N3O4/c1-3-19-12(17)10-6-14-13(18)15-11(10)8-16-4-5-20-9(2)7-16/h9H,3-8H2,1-2H3,(H2,14,15,18). The van der Waals surface area contributed by atoms with Crippen LogP contribution in [0.25, 0.3) is 0 Å². The van der Waals surface area contributed by atoms with Gasteiger partial charge in [-0.15, -0.1) is 0 Å². The van der Waals surface area contributed by atoms with Crippen molar-refractivity contribution in [2.75, 3.05) is 39.4 Å². The lowest BCUT2D eigenvalue weighted by atomic mass is 10.1. The molecule has 1 unspecified atom stereocenters. The number of nitrogens with one attached hydrogen (secondary N) is 2. The van der Waals surface area contributed by atoms with Crippen molar-refractivity contribution in [1.29, 1.82) is 0 Å². The molecular formula is C13H21N3O4. The number of morpholine rings is 1. The molecule has 1 fully saturated rings. The van der Waals surface area contributed by atoms with Gasteiger partial charge in [-0.2, -0.15) is 0 Å². The summed E-state index contributed by atoms with van der Waals surface area (Å²) in [6.07, 6.45) is 0.160. The van der Waals surface area contributed by atoms with Crippen LogP contribution >= 0.6 is 0 Å². The molecule has 0 bridgehead atoms. The van der Waals surface area contributed by atoms with E-state index in [1.165, 1.54) is 0 Å². The van der Waals surface area contributed by atoms with Gasteiger partial charge >= 0.3 is 12.0 Å². The van der Waals surface area contributed by atoms with Gasteiger partial charge in [0, 0.05) is 25.3 Å². The molecule has 0 radical (unpaired) electrons. The Morgan fingerprint density at radius 1 is 1.55 bits per heavy atom. The van der Waals surface area contributed by atoms with E-state index < -0.39 is 0 Å². The number of rotatable bonds is 4. The summed E-state index contributed by atoms with van der Waals surface area (Å²) in [7, 11) is 0. The Kier molecular flexibility index (Phi) is 4.97. The summed E-state index contributed by atoms with van der Waals surface area (Å²) in [4.78, 5) is 25.5. The minimum atomic E-state index is -0.378. The summed E-state index contributed by atoms with van der Waals surface area (Å²) in [6.45, 7) is 7.04. The van der Waals surface area contributed by atoms with Crippen LogP contribution in [0.15, 0.2) is 11.3 Å². The Morgan fingerprint density at radius 3 is 3.05 bits per heavy atom. The largest absolute Gasteiger partial charge is 0.463 e. The van der Waals surface area contributed by atoms with Gasteiger partial charge in [-0.05, 0) is 13.8 Å². The Labute approximate surface area is 118 Å². The van der Waals surface area contributed by atoms with E-state index in [0.717, 1.165) is 13.1 Å². The third-order valence-electron chi connectivity index (χ3n) is 3.28. The lowest BCUT2D eigenvalue weighted by Gasteiger charge is -2.33. The van der Waals surface area contributed by atoms with E-state index in [1.807, 2.05) is 6.92 Å². The topological polar surface area (TPSA) is 79.9 Å². The molecule has 2 rings (SSSR count). The van der Waals surface area contributed by atoms with Crippen LogP contribution in [-0.4, -0.2) is 62.4 Å². The van der Waals surface area contributed by atoms with Crippen LogP contribution in [0, 0.1) is 0 Å². The molecular weight excluding hydrogens is 262 g/mol. The Morgan fingerprint density at radius 2 is 2.35 bits per heavy atom. The molecule has 0 aliphatic carbocycles. The first-order valence-electron chi connectivity index (χ1n) is 6.88. The average Bonchev–Trinajstić information content (AvgIpc) is 2.39. The summed E-state index contributed by atoms with van der Waals surface area (Å²) in [5.41, 5.74) is 1.12. The minimum absolute atomic E-state index is 0.160. The molecule has 0 saturated carbocycles. The Balaban J connectivity index is 2.09. The van der Waals surface area contributed by atoms with Crippen molar-refractivity contribution in [3.8, 4) is 0 Å². The van der Waals surface area contributed by atoms with Crippen molar-refractivity contribution in [3.05, 3.63) is 11.3 Å². The number of carbonyl (C=O) groups excluding carboxylic acids is 2. The first kappa shape index (κ1) is 14.8. The highest BCUT2D eigenvalue weighted by atomic mass is 16.5. The fourth-order valence-electron chi connectivity index (χ4n) is 2.34. The maximum atomic E-state index is 11.9. The average molecular weight is 283 g/mol. The summed E-state index contributed by atoms with van der Waals surface area (Å²) in [5, 5.41) is 5.31. The minimum Gasteiger partial charge on any atom is -0.463 e. The molecule has 2 N–H and O–H groups in total. The summed E-state index contributed by atoms with van der Waals surface area (Å²) >= 11 is 0. The molecule has 2 heterocycles. The molecule has 20 heavy (non-hydrogen) atoms. The fourth-order valence-corrected chi connectivity index (χ4v) is 2.34. The number of esters is 1. The van der Waals surface area contributed by atoms with Gasteiger partial charge in [0.25, 0.3) is 0 Å². The molecule has 7 heteroatoms. The van der Waals surface area contributed by atoms with Gasteiger partial charge in [0.1, 0.15) is 0 Å². The van der Waals surface area contributed by atoms with Crippen LogP contribution in [0.2, 0.25) is 0 Å². The van der Waals surface area contributed by atoms with E-state index in [9.17, 15) is 9.59 Å². The van der Waals surface area contributed by atoms with E-state index in [-0.39, 0.29) is 24.6 Å². The van der Waals surface area contributed by atoms with Crippen LogP contribution < -0.4 is 10.6 Å². The van der Waals surface area contributed by atoms with Crippen molar-refractivity contribution in [3.63, 3.8) is 0 Å². The van der Waals surface area contributed by atoms with Gasteiger partial charge in [0.05, 0.1) is 31.4 Å². The monoisotopic (exact) mass is 283 g/mol. The predicted molar refractivity (Wildman–Crippen MR) is 72.0 cm³/mol. The van der Waals surface area contributed by atoms with Gasteiger partial charge in [-0.25, -0.2) is 9.59 Å². The number of hydrogen-bond acceptors (Lipinski definition) is 5. The number of amides is 2. The molecule has 0 aromatic rings. The maximum Gasteiger partial charge on any atom is 0.337 e. The van der Waals surface area contributed by atoms with Gasteiger partial charge in [-0.3, -0.25) is 4.90 Å². The van der Waals surface area contributed by atoms with E-state index in [2.05, 4.69) is 15.5 Å². The second kappa shape index (κ2) is 6.71. The lowest BCUT2D eigenvalue weighted by Crippen LogP contribution is -2.49. The van der Waals surface area contributed by atoms with Crippen molar-refractivity contribution < 1.29 is 19.1 Å². The number of carbonyl (C=O) groups is 2. The fraction of sp³-hybridized carbons (Fsp3) is 0.692. The van der Waals surface area contributed by atoms with Crippen LogP contribution in [0.3, 0.4) is 0 Å². The zero-order valence-corrected chi connectivity index (χ0v) is 11.9. The first-order chi connectivity index (χ1) is 9.60. The number of nitrogens with zero attached hydrogens (tertiary/aromatic N) is 1. The Bertz CT molecular complexity index is 422. The molecule has 1 saturated heterocycles. The molecule has 0 aromatic carbocycles. The SMILES string of the molecule is CCOC(=O)C1=C(CN2CCOC(C)C2)NC(=O)NC1. The van der Waals surface area contributed by atoms with Gasteiger partial charge in [0.2, 0.25) is 0 Å². The van der Waals surface area contributed by atoms with E-state index >= 15 is 0 Å². The van der Waals surface area contributed by atoms with E-state index in [0.29, 0.717) is 31.0 Å². The zero-order chi connectivity index (χ0) is 14.5. The van der Waals surface area contributed by atoms with Crippen molar-refractivity contribution in [2.45, 2.75) is 20.0 Å². The second-order valence-corrected chi connectivity index (χ2v) is 4.90. The molecule has 2 aliphatic heterocycles. The van der Waals surface area contributed by atoms with E-state index in [1.54, 1.807) is 6.92 Å². The second-order valence-electron chi connectivity index (χ2n) is 4.90. The highest BCUT2D eigenvalue weighted by molar-refractivity contribution is 5.93. The summed E-state index contributed by atoms with van der Waals surface area (Å²) < 4.78 is 10.5. The van der Waals surface area contributed by atoms with Crippen LogP contribution in [0.1, 0.15) is 13.8 Å². The van der Waals surface area contributed by atoms with Gasteiger partial charge in [-0.1, -0.05) is 0 Å². The third kappa shape index (κ3) is 3.71. The molecule has 1 atom stereocenters. The van der Waals surface area contributed by atoms with Crippen LogP contribution in [0.5, 0.6) is 0 Å². The van der Waals surface area contributed by atoms with Crippen LogP contribution in [-0.2, 0) is 14.3 Å². The number of urea groups is 1.